The Morgan fingerprint density at radius 2 is 1.41 bits per heavy atom. The number of amides is 1. The van der Waals surface area contributed by atoms with E-state index >= 15 is 0 Å². The van der Waals surface area contributed by atoms with Gasteiger partial charge in [0.1, 0.15) is 11.6 Å². The molecule has 2 unspecified atom stereocenters. The Labute approximate surface area is 159 Å². The number of rotatable bonds is 6. The minimum absolute atomic E-state index is 0.570. The molecule has 0 radical (unpaired) electrons. The molecule has 0 aromatic heterocycles. The molecule has 2 aromatic carbocycles. The van der Waals surface area contributed by atoms with Crippen LogP contribution >= 0.6 is 0 Å². The summed E-state index contributed by atoms with van der Waals surface area (Å²) in [6, 6.07) is 17.2. The summed E-state index contributed by atoms with van der Waals surface area (Å²) in [7, 11) is 0. The van der Waals surface area contributed by atoms with E-state index in [4.69, 9.17) is 4.74 Å². The number of ether oxygens (including phenoxy) is 1. The van der Waals surface area contributed by atoms with Crippen LogP contribution in [-0.2, 0) is 9.53 Å². The van der Waals surface area contributed by atoms with Gasteiger partial charge in [0, 0.05) is 11.4 Å². The monoisotopic (exact) mass is 370 g/mol. The van der Waals surface area contributed by atoms with Crippen LogP contribution in [0.4, 0.5) is 16.2 Å². The van der Waals surface area contributed by atoms with Crippen LogP contribution in [0.3, 0.4) is 0 Å². The highest BCUT2D eigenvalue weighted by Crippen LogP contribution is 2.28. The number of anilines is 2. The minimum Gasteiger partial charge on any atom is -0.480 e. The number of hydrogen-bond acceptors (Lipinski definition) is 4. The maximum absolute atomic E-state index is 12.2. The summed E-state index contributed by atoms with van der Waals surface area (Å²) in [6.07, 6.45) is -0.761. The molecule has 0 saturated heterocycles. The smallest absolute Gasteiger partial charge is 0.408 e. The molecule has 0 saturated carbocycles. The van der Waals surface area contributed by atoms with Gasteiger partial charge >= 0.3 is 12.1 Å². The van der Waals surface area contributed by atoms with Crippen molar-refractivity contribution in [3.05, 3.63) is 60.7 Å². The lowest BCUT2D eigenvalue weighted by molar-refractivity contribution is -0.139. The summed E-state index contributed by atoms with van der Waals surface area (Å²) < 4.78 is 5.23. The molecule has 0 aliphatic rings. The molecule has 144 valence electrons. The molecule has 0 fully saturated rings. The van der Waals surface area contributed by atoms with Crippen molar-refractivity contribution >= 4 is 23.4 Å². The molecule has 0 aliphatic heterocycles. The average molecular weight is 370 g/mol. The highest BCUT2D eigenvalue weighted by molar-refractivity contribution is 5.82. The van der Waals surface area contributed by atoms with Gasteiger partial charge in [-0.25, -0.2) is 9.59 Å². The van der Waals surface area contributed by atoms with Gasteiger partial charge in [-0.05, 0) is 52.0 Å². The van der Waals surface area contributed by atoms with E-state index in [0.29, 0.717) is 0 Å². The van der Waals surface area contributed by atoms with Crippen molar-refractivity contribution in [1.29, 1.82) is 0 Å². The Bertz CT molecular complexity index is 717. The van der Waals surface area contributed by atoms with Crippen molar-refractivity contribution in [1.82, 2.24) is 5.32 Å². The van der Waals surface area contributed by atoms with Gasteiger partial charge in [-0.2, -0.15) is 0 Å². The number of benzene rings is 2. The first-order valence-electron chi connectivity index (χ1n) is 8.80. The summed E-state index contributed by atoms with van der Waals surface area (Å²) in [5.41, 5.74) is 0.941. The third-order valence-corrected chi connectivity index (χ3v) is 3.90. The zero-order valence-corrected chi connectivity index (χ0v) is 16.0. The molecule has 0 bridgehead atoms. The second kappa shape index (κ2) is 8.58. The average Bonchev–Trinajstić information content (AvgIpc) is 2.60. The predicted octanol–water partition coefficient (Wildman–Crippen LogP) is 4.19. The molecule has 0 heterocycles. The topological polar surface area (TPSA) is 78.9 Å². The SMILES string of the molecule is CC(C(NC(=O)OC(C)(C)C)C(=O)O)N(c1ccccc1)c1ccccc1. The maximum atomic E-state index is 12.2. The van der Waals surface area contributed by atoms with E-state index in [9.17, 15) is 14.7 Å². The number of aliphatic carboxylic acids is 1. The number of nitrogens with one attached hydrogen (secondary N) is 1. The number of carbonyl (C=O) groups excluding carboxylic acids is 1. The van der Waals surface area contributed by atoms with Gasteiger partial charge in [0.25, 0.3) is 0 Å². The number of carbonyl (C=O) groups is 2. The Morgan fingerprint density at radius 3 is 1.78 bits per heavy atom. The normalized spacial score (nSPS) is 13.3. The molecule has 1 amide bonds. The lowest BCUT2D eigenvalue weighted by atomic mass is 10.1. The number of carboxylic acids is 1. The van der Waals surface area contributed by atoms with E-state index in [1.165, 1.54) is 0 Å². The first-order chi connectivity index (χ1) is 12.7. The molecule has 2 rings (SSSR count). The van der Waals surface area contributed by atoms with Crippen LogP contribution in [0, 0.1) is 0 Å². The van der Waals surface area contributed by atoms with Crippen LogP contribution in [0.1, 0.15) is 27.7 Å². The van der Waals surface area contributed by atoms with E-state index < -0.39 is 29.7 Å². The second-order valence-electron chi connectivity index (χ2n) is 7.24. The molecular weight excluding hydrogens is 344 g/mol. The van der Waals surface area contributed by atoms with Gasteiger partial charge in [0.15, 0.2) is 0 Å². The zero-order chi connectivity index (χ0) is 20.0. The van der Waals surface area contributed by atoms with E-state index in [1.54, 1.807) is 27.7 Å². The van der Waals surface area contributed by atoms with Crippen LogP contribution in [0.25, 0.3) is 0 Å². The summed E-state index contributed by atoms with van der Waals surface area (Å²) in [6.45, 7) is 6.94. The third kappa shape index (κ3) is 5.74. The van der Waals surface area contributed by atoms with Gasteiger partial charge in [-0.1, -0.05) is 36.4 Å². The molecular formula is C21H26N2O4. The van der Waals surface area contributed by atoms with Gasteiger partial charge in [-0.3, -0.25) is 0 Å². The fraction of sp³-hybridized carbons (Fsp3) is 0.333. The molecule has 2 aromatic rings. The highest BCUT2D eigenvalue weighted by Gasteiger charge is 2.33. The number of alkyl carbamates (subject to hydrolysis) is 1. The highest BCUT2D eigenvalue weighted by atomic mass is 16.6. The fourth-order valence-corrected chi connectivity index (χ4v) is 2.77. The van der Waals surface area contributed by atoms with Crippen molar-refractivity contribution < 1.29 is 19.4 Å². The molecule has 6 heteroatoms. The number of hydrogen-bond donors (Lipinski definition) is 2. The summed E-state index contributed by atoms with van der Waals surface area (Å²) >= 11 is 0. The molecule has 0 aliphatic carbocycles. The van der Waals surface area contributed by atoms with Crippen LogP contribution < -0.4 is 10.2 Å². The largest absolute Gasteiger partial charge is 0.480 e. The number of para-hydroxylation sites is 2. The summed E-state index contributed by atoms with van der Waals surface area (Å²) in [5.74, 6) is -1.13. The van der Waals surface area contributed by atoms with E-state index in [2.05, 4.69) is 5.32 Å². The van der Waals surface area contributed by atoms with Crippen LogP contribution in [0.5, 0.6) is 0 Å². The van der Waals surface area contributed by atoms with Gasteiger partial charge in [0.2, 0.25) is 0 Å². The Morgan fingerprint density at radius 1 is 0.963 bits per heavy atom. The molecule has 2 atom stereocenters. The standard InChI is InChI=1S/C21H26N2O4/c1-15(18(19(24)25)22-20(26)27-21(2,3)4)23(16-11-7-5-8-12-16)17-13-9-6-10-14-17/h5-15,18H,1-4H3,(H,22,26)(H,24,25). The predicted molar refractivity (Wildman–Crippen MR) is 105 cm³/mol. The third-order valence-electron chi connectivity index (χ3n) is 3.90. The Hall–Kier alpha value is -3.02. The van der Waals surface area contributed by atoms with E-state index in [0.717, 1.165) is 11.4 Å². The van der Waals surface area contributed by atoms with Crippen LogP contribution in [-0.4, -0.2) is 34.9 Å². The number of nitrogens with zero attached hydrogens (tertiary/aromatic N) is 1. The van der Waals surface area contributed by atoms with Crippen molar-refractivity contribution in [3.8, 4) is 0 Å². The summed E-state index contributed by atoms with van der Waals surface area (Å²) in [5, 5.41) is 12.2. The minimum atomic E-state index is -1.17. The maximum Gasteiger partial charge on any atom is 0.408 e. The van der Waals surface area contributed by atoms with Gasteiger partial charge in [-0.15, -0.1) is 0 Å². The van der Waals surface area contributed by atoms with Crippen LogP contribution in [0.15, 0.2) is 60.7 Å². The quantitative estimate of drug-likeness (QED) is 0.797. The van der Waals surface area contributed by atoms with Gasteiger partial charge in [0.05, 0.1) is 6.04 Å². The summed E-state index contributed by atoms with van der Waals surface area (Å²) in [4.78, 5) is 26.0. The van der Waals surface area contributed by atoms with Crippen LogP contribution in [0.2, 0.25) is 0 Å². The molecule has 27 heavy (non-hydrogen) atoms. The van der Waals surface area contributed by atoms with Crippen molar-refractivity contribution in [2.24, 2.45) is 0 Å². The number of carboxylic acid groups (broad SMARTS) is 1. The first-order valence-corrected chi connectivity index (χ1v) is 8.80. The first kappa shape index (κ1) is 20.3. The zero-order valence-electron chi connectivity index (χ0n) is 16.0. The lowest BCUT2D eigenvalue weighted by Gasteiger charge is -2.35. The van der Waals surface area contributed by atoms with Gasteiger partial charge < -0.3 is 20.1 Å². The second-order valence-corrected chi connectivity index (χ2v) is 7.24. The van der Waals surface area contributed by atoms with Crippen molar-refractivity contribution in [3.63, 3.8) is 0 Å². The molecule has 2 N–H and O–H groups in total. The molecule has 6 nitrogen and oxygen atoms in total. The van der Waals surface area contributed by atoms with Crippen molar-refractivity contribution in [2.75, 3.05) is 4.90 Å². The van der Waals surface area contributed by atoms with E-state index in [1.807, 2.05) is 65.6 Å². The fourth-order valence-electron chi connectivity index (χ4n) is 2.77. The van der Waals surface area contributed by atoms with E-state index in [-0.39, 0.29) is 0 Å². The lowest BCUT2D eigenvalue weighted by Crippen LogP contribution is -2.54. The molecule has 0 spiro atoms. The Balaban J connectivity index is 2.35. The Kier molecular flexibility index (Phi) is 6.45. The van der Waals surface area contributed by atoms with Crippen molar-refractivity contribution in [2.45, 2.75) is 45.4 Å².